The van der Waals surface area contributed by atoms with Crippen LogP contribution >= 0.6 is 0 Å². The van der Waals surface area contributed by atoms with Gasteiger partial charge in [0.05, 0.1) is 6.61 Å². The Kier molecular flexibility index (Phi) is 3.42. The van der Waals surface area contributed by atoms with Gasteiger partial charge < -0.3 is 9.72 Å². The van der Waals surface area contributed by atoms with Crippen LogP contribution in [0, 0.1) is 0 Å². The van der Waals surface area contributed by atoms with Gasteiger partial charge in [-0.3, -0.25) is 9.78 Å². The molecule has 7 heteroatoms. The number of nitrogens with one attached hydrogen (secondary N) is 1. The largest absolute Gasteiger partial charge is 0.461 e. The zero-order valence-corrected chi connectivity index (χ0v) is 9.58. The standard InChI is InChI=1S/C11H10N4O3/c1-2-18-11(17)8-10(16)13-9(15-14-8)7-5-3-4-6-12-7/h3-6H,2H2,1H3,(H,13,15,16). The lowest BCUT2D eigenvalue weighted by Crippen LogP contribution is -2.23. The average molecular weight is 246 g/mol. The van der Waals surface area contributed by atoms with E-state index in [4.69, 9.17) is 0 Å². The summed E-state index contributed by atoms with van der Waals surface area (Å²) in [6.45, 7) is 1.81. The number of carbonyl (C=O) groups is 1. The van der Waals surface area contributed by atoms with Crippen LogP contribution in [0.3, 0.4) is 0 Å². The molecule has 2 aromatic rings. The number of rotatable bonds is 3. The highest BCUT2D eigenvalue weighted by molar-refractivity contribution is 5.86. The summed E-state index contributed by atoms with van der Waals surface area (Å²) in [5.41, 5.74) is -0.543. The summed E-state index contributed by atoms with van der Waals surface area (Å²) in [7, 11) is 0. The van der Waals surface area contributed by atoms with E-state index < -0.39 is 11.5 Å². The van der Waals surface area contributed by atoms with E-state index >= 15 is 0 Å². The number of nitrogens with zero attached hydrogens (tertiary/aromatic N) is 3. The number of aromatic amines is 1. The van der Waals surface area contributed by atoms with Crippen LogP contribution in [0.2, 0.25) is 0 Å². The molecule has 0 bridgehead atoms. The van der Waals surface area contributed by atoms with Crippen molar-refractivity contribution < 1.29 is 9.53 Å². The number of esters is 1. The van der Waals surface area contributed by atoms with Gasteiger partial charge in [0.2, 0.25) is 5.69 Å². The first kappa shape index (κ1) is 11.9. The lowest BCUT2D eigenvalue weighted by molar-refractivity contribution is 0.0515. The van der Waals surface area contributed by atoms with Gasteiger partial charge in [-0.25, -0.2) is 4.79 Å². The smallest absolute Gasteiger partial charge is 0.364 e. The summed E-state index contributed by atoms with van der Waals surface area (Å²) in [5, 5.41) is 7.31. The van der Waals surface area contributed by atoms with Crippen molar-refractivity contribution >= 4 is 5.97 Å². The molecule has 0 saturated heterocycles. The Morgan fingerprint density at radius 2 is 2.22 bits per heavy atom. The topological polar surface area (TPSA) is 97.8 Å². The fraction of sp³-hybridized carbons (Fsp3) is 0.182. The van der Waals surface area contributed by atoms with E-state index in [0.29, 0.717) is 5.69 Å². The Bertz CT molecular complexity index is 609. The molecule has 0 amide bonds. The third-order valence-corrected chi connectivity index (χ3v) is 2.07. The van der Waals surface area contributed by atoms with E-state index in [1.54, 1.807) is 31.3 Å². The van der Waals surface area contributed by atoms with Gasteiger partial charge in [0.1, 0.15) is 5.69 Å². The monoisotopic (exact) mass is 246 g/mol. The Hall–Kier alpha value is -2.57. The molecule has 7 nitrogen and oxygen atoms in total. The summed E-state index contributed by atoms with van der Waals surface area (Å²) in [6.07, 6.45) is 1.56. The Morgan fingerprint density at radius 3 is 2.83 bits per heavy atom. The maximum atomic E-state index is 11.6. The minimum atomic E-state index is -0.793. The van der Waals surface area contributed by atoms with E-state index in [2.05, 4.69) is 24.9 Å². The fourth-order valence-corrected chi connectivity index (χ4v) is 1.29. The number of hydrogen-bond acceptors (Lipinski definition) is 6. The van der Waals surface area contributed by atoms with Crippen LogP contribution in [-0.2, 0) is 4.74 Å². The van der Waals surface area contributed by atoms with Gasteiger partial charge in [-0.2, -0.15) is 0 Å². The van der Waals surface area contributed by atoms with E-state index in [-0.39, 0.29) is 18.1 Å². The molecule has 0 aromatic carbocycles. The van der Waals surface area contributed by atoms with Crippen LogP contribution in [0.1, 0.15) is 17.4 Å². The molecule has 0 unspecified atom stereocenters. The second-order valence-electron chi connectivity index (χ2n) is 3.29. The van der Waals surface area contributed by atoms with E-state index in [9.17, 15) is 9.59 Å². The molecule has 0 radical (unpaired) electrons. The first-order chi connectivity index (χ1) is 8.72. The average Bonchev–Trinajstić information content (AvgIpc) is 2.40. The molecule has 0 aliphatic rings. The van der Waals surface area contributed by atoms with Gasteiger partial charge >= 0.3 is 5.97 Å². The Balaban J connectivity index is 2.37. The molecule has 0 atom stereocenters. The highest BCUT2D eigenvalue weighted by atomic mass is 16.5. The normalized spacial score (nSPS) is 10.1. The summed E-state index contributed by atoms with van der Waals surface area (Å²) in [5.74, 6) is -0.590. The highest BCUT2D eigenvalue weighted by Gasteiger charge is 2.15. The molecule has 18 heavy (non-hydrogen) atoms. The molecule has 0 spiro atoms. The van der Waals surface area contributed by atoms with Crippen LogP contribution in [0.25, 0.3) is 11.5 Å². The second kappa shape index (κ2) is 5.17. The van der Waals surface area contributed by atoms with Gasteiger partial charge in [0.25, 0.3) is 5.56 Å². The molecule has 92 valence electrons. The number of pyridine rings is 1. The minimum absolute atomic E-state index is 0.169. The van der Waals surface area contributed by atoms with E-state index in [0.717, 1.165) is 0 Å². The van der Waals surface area contributed by atoms with Crippen molar-refractivity contribution in [3.8, 4) is 11.5 Å². The van der Waals surface area contributed by atoms with Gasteiger partial charge in [-0.1, -0.05) is 6.07 Å². The lowest BCUT2D eigenvalue weighted by Gasteiger charge is -2.01. The first-order valence-electron chi connectivity index (χ1n) is 5.28. The van der Waals surface area contributed by atoms with Crippen LogP contribution < -0.4 is 5.56 Å². The number of hydrogen-bond donors (Lipinski definition) is 1. The maximum absolute atomic E-state index is 11.6. The van der Waals surface area contributed by atoms with Crippen LogP contribution in [-0.4, -0.2) is 32.7 Å². The quantitative estimate of drug-likeness (QED) is 0.787. The minimum Gasteiger partial charge on any atom is -0.461 e. The highest BCUT2D eigenvalue weighted by Crippen LogP contribution is 2.06. The lowest BCUT2D eigenvalue weighted by atomic mass is 10.3. The van der Waals surface area contributed by atoms with Gasteiger partial charge in [-0.15, -0.1) is 10.2 Å². The van der Waals surface area contributed by atoms with Crippen molar-refractivity contribution in [2.45, 2.75) is 6.92 Å². The van der Waals surface area contributed by atoms with Gasteiger partial charge in [0, 0.05) is 6.20 Å². The van der Waals surface area contributed by atoms with E-state index in [1.807, 2.05) is 0 Å². The number of carbonyl (C=O) groups excluding carboxylic acids is 1. The fourth-order valence-electron chi connectivity index (χ4n) is 1.29. The van der Waals surface area contributed by atoms with E-state index in [1.165, 1.54) is 0 Å². The van der Waals surface area contributed by atoms with Crippen LogP contribution in [0.4, 0.5) is 0 Å². The first-order valence-corrected chi connectivity index (χ1v) is 5.28. The maximum Gasteiger partial charge on any atom is 0.364 e. The summed E-state index contributed by atoms with van der Waals surface area (Å²) in [6, 6.07) is 5.16. The molecule has 0 fully saturated rings. The number of aromatic nitrogens is 4. The molecule has 2 heterocycles. The van der Waals surface area contributed by atoms with Crippen molar-refractivity contribution in [2.24, 2.45) is 0 Å². The Morgan fingerprint density at radius 1 is 1.39 bits per heavy atom. The molecular weight excluding hydrogens is 236 g/mol. The molecule has 0 aliphatic carbocycles. The molecule has 2 aromatic heterocycles. The predicted octanol–water partition coefficient (Wildman–Crippen LogP) is 0.404. The van der Waals surface area contributed by atoms with Gasteiger partial charge in [-0.05, 0) is 19.1 Å². The van der Waals surface area contributed by atoms with Crippen LogP contribution in [0.5, 0.6) is 0 Å². The Labute approximate surface area is 102 Å². The van der Waals surface area contributed by atoms with Gasteiger partial charge in [0.15, 0.2) is 5.82 Å². The molecular formula is C11H10N4O3. The zero-order valence-electron chi connectivity index (χ0n) is 9.58. The molecule has 2 rings (SSSR count). The summed E-state index contributed by atoms with van der Waals surface area (Å²) < 4.78 is 4.68. The van der Waals surface area contributed by atoms with Crippen molar-refractivity contribution in [1.82, 2.24) is 20.2 Å². The van der Waals surface area contributed by atoms with Crippen LogP contribution in [0.15, 0.2) is 29.2 Å². The third-order valence-electron chi connectivity index (χ3n) is 2.07. The molecule has 0 saturated carbocycles. The number of H-pyrrole nitrogens is 1. The predicted molar refractivity (Wildman–Crippen MR) is 61.8 cm³/mol. The van der Waals surface area contributed by atoms with Crippen molar-refractivity contribution in [3.63, 3.8) is 0 Å². The zero-order chi connectivity index (χ0) is 13.0. The summed E-state index contributed by atoms with van der Waals surface area (Å²) in [4.78, 5) is 29.4. The second-order valence-corrected chi connectivity index (χ2v) is 3.29. The SMILES string of the molecule is CCOC(=O)c1nnc(-c2ccccn2)[nH]c1=O. The molecule has 1 N–H and O–H groups in total. The number of ether oxygens (including phenoxy) is 1. The van der Waals surface area contributed by atoms with Crippen molar-refractivity contribution in [1.29, 1.82) is 0 Å². The summed E-state index contributed by atoms with van der Waals surface area (Å²) >= 11 is 0. The third kappa shape index (κ3) is 2.40. The van der Waals surface area contributed by atoms with Crippen molar-refractivity contribution in [3.05, 3.63) is 40.4 Å². The van der Waals surface area contributed by atoms with Crippen molar-refractivity contribution in [2.75, 3.05) is 6.61 Å². The molecule has 0 aliphatic heterocycles.